The van der Waals surface area contributed by atoms with E-state index < -0.39 is 0 Å². The predicted molar refractivity (Wildman–Crippen MR) is 87.4 cm³/mol. The summed E-state index contributed by atoms with van der Waals surface area (Å²) in [6, 6.07) is 2.64. The Morgan fingerprint density at radius 1 is 1.29 bits per heavy atom. The third kappa shape index (κ3) is 6.64. The molecular formula is C17H32N2O2. The first-order valence-corrected chi connectivity index (χ1v) is 7.96. The molecule has 0 saturated heterocycles. The van der Waals surface area contributed by atoms with Crippen LogP contribution in [0, 0.1) is 12.8 Å². The summed E-state index contributed by atoms with van der Waals surface area (Å²) in [5.41, 5.74) is 1.23. The number of rotatable bonds is 10. The van der Waals surface area contributed by atoms with E-state index in [-0.39, 0.29) is 0 Å². The summed E-state index contributed by atoms with van der Waals surface area (Å²) in [6.07, 6.45) is 0. The molecule has 0 aliphatic rings. The van der Waals surface area contributed by atoms with Gasteiger partial charge in [0.05, 0.1) is 19.7 Å². The maximum absolute atomic E-state index is 6.01. The lowest BCUT2D eigenvalue weighted by molar-refractivity contribution is 0.119. The summed E-state index contributed by atoms with van der Waals surface area (Å²) in [4.78, 5) is 2.37. The van der Waals surface area contributed by atoms with E-state index in [1.54, 1.807) is 7.11 Å². The molecule has 0 aliphatic carbocycles. The lowest BCUT2D eigenvalue weighted by atomic mass is 10.2. The number of nitrogens with zero attached hydrogens (tertiary/aromatic N) is 1. The molecule has 1 aromatic heterocycles. The van der Waals surface area contributed by atoms with Crippen molar-refractivity contribution in [2.75, 3.05) is 26.8 Å². The molecule has 0 bridgehead atoms. The van der Waals surface area contributed by atoms with Gasteiger partial charge in [-0.3, -0.25) is 4.90 Å². The van der Waals surface area contributed by atoms with Crippen LogP contribution in [0.25, 0.3) is 0 Å². The highest BCUT2D eigenvalue weighted by molar-refractivity contribution is 5.20. The first kappa shape index (κ1) is 18.2. The average Bonchev–Trinajstić information content (AvgIpc) is 2.74. The third-order valence-electron chi connectivity index (χ3n) is 3.58. The Bertz CT molecular complexity index is 399. The van der Waals surface area contributed by atoms with Gasteiger partial charge in [-0.2, -0.15) is 0 Å². The van der Waals surface area contributed by atoms with Crippen molar-refractivity contribution >= 4 is 0 Å². The van der Waals surface area contributed by atoms with Crippen molar-refractivity contribution in [3.8, 4) is 0 Å². The molecule has 4 nitrogen and oxygen atoms in total. The fraction of sp³-hybridized carbons (Fsp3) is 0.765. The van der Waals surface area contributed by atoms with Crippen LogP contribution in [0.4, 0.5) is 0 Å². The molecule has 0 aliphatic heterocycles. The van der Waals surface area contributed by atoms with Crippen molar-refractivity contribution in [2.45, 2.75) is 53.8 Å². The SMILES string of the molecule is COCCN(Cc1cc(C)c(CNCC(C)C)o1)C(C)C. The lowest BCUT2D eigenvalue weighted by Gasteiger charge is -2.24. The molecule has 0 unspecified atom stereocenters. The van der Waals surface area contributed by atoms with Crippen molar-refractivity contribution < 1.29 is 9.15 Å². The van der Waals surface area contributed by atoms with Gasteiger partial charge in [-0.15, -0.1) is 0 Å². The van der Waals surface area contributed by atoms with E-state index in [9.17, 15) is 0 Å². The Balaban J connectivity index is 2.58. The monoisotopic (exact) mass is 296 g/mol. The normalized spacial score (nSPS) is 12.0. The number of hydrogen-bond acceptors (Lipinski definition) is 4. The summed E-state index contributed by atoms with van der Waals surface area (Å²) < 4.78 is 11.2. The molecule has 0 saturated carbocycles. The van der Waals surface area contributed by atoms with E-state index >= 15 is 0 Å². The van der Waals surface area contributed by atoms with Crippen molar-refractivity contribution in [3.05, 3.63) is 23.2 Å². The van der Waals surface area contributed by atoms with Crippen molar-refractivity contribution in [2.24, 2.45) is 5.92 Å². The van der Waals surface area contributed by atoms with Gasteiger partial charge in [-0.05, 0) is 44.9 Å². The molecule has 0 amide bonds. The van der Waals surface area contributed by atoms with Crippen LogP contribution in [-0.4, -0.2) is 37.7 Å². The fourth-order valence-corrected chi connectivity index (χ4v) is 2.25. The van der Waals surface area contributed by atoms with E-state index in [0.717, 1.165) is 44.3 Å². The quantitative estimate of drug-likeness (QED) is 0.719. The second kappa shape index (κ2) is 9.23. The smallest absolute Gasteiger partial charge is 0.120 e. The maximum atomic E-state index is 6.01. The highest BCUT2D eigenvalue weighted by atomic mass is 16.5. The van der Waals surface area contributed by atoms with E-state index in [1.165, 1.54) is 5.56 Å². The molecule has 21 heavy (non-hydrogen) atoms. The van der Waals surface area contributed by atoms with Crippen molar-refractivity contribution in [1.82, 2.24) is 10.2 Å². The second-order valence-corrected chi connectivity index (χ2v) is 6.40. The molecule has 4 heteroatoms. The molecule has 122 valence electrons. The largest absolute Gasteiger partial charge is 0.463 e. The van der Waals surface area contributed by atoms with Gasteiger partial charge in [0, 0.05) is 19.7 Å². The number of hydrogen-bond donors (Lipinski definition) is 1. The van der Waals surface area contributed by atoms with Crippen molar-refractivity contribution in [3.63, 3.8) is 0 Å². The number of ether oxygens (including phenoxy) is 1. The van der Waals surface area contributed by atoms with Crippen LogP contribution in [0.3, 0.4) is 0 Å². The Kier molecular flexibility index (Phi) is 8.01. The molecule has 0 atom stereocenters. The topological polar surface area (TPSA) is 37.6 Å². The van der Waals surface area contributed by atoms with Gasteiger partial charge >= 0.3 is 0 Å². The Morgan fingerprint density at radius 2 is 2.00 bits per heavy atom. The zero-order valence-corrected chi connectivity index (χ0v) is 14.5. The molecule has 0 aromatic carbocycles. The lowest BCUT2D eigenvalue weighted by Crippen LogP contribution is -2.33. The molecule has 1 aromatic rings. The Labute approximate surface area is 129 Å². The molecule has 1 N–H and O–H groups in total. The number of methoxy groups -OCH3 is 1. The van der Waals surface area contributed by atoms with E-state index in [2.05, 4.69) is 50.9 Å². The highest BCUT2D eigenvalue weighted by Crippen LogP contribution is 2.17. The predicted octanol–water partition coefficient (Wildman–Crippen LogP) is 3.19. The minimum absolute atomic E-state index is 0.480. The molecule has 1 rings (SSSR count). The van der Waals surface area contributed by atoms with Gasteiger partial charge in [0.1, 0.15) is 11.5 Å². The minimum Gasteiger partial charge on any atom is -0.463 e. The van der Waals surface area contributed by atoms with Crippen LogP contribution in [0.1, 0.15) is 44.8 Å². The maximum Gasteiger partial charge on any atom is 0.120 e. The third-order valence-corrected chi connectivity index (χ3v) is 3.58. The molecule has 0 radical (unpaired) electrons. The fourth-order valence-electron chi connectivity index (χ4n) is 2.25. The van der Waals surface area contributed by atoms with Crippen LogP contribution < -0.4 is 5.32 Å². The summed E-state index contributed by atoms with van der Waals surface area (Å²) in [5, 5.41) is 3.44. The first-order chi connectivity index (χ1) is 9.93. The second-order valence-electron chi connectivity index (χ2n) is 6.40. The van der Waals surface area contributed by atoms with Gasteiger partial charge in [0.15, 0.2) is 0 Å². The van der Waals surface area contributed by atoms with Crippen molar-refractivity contribution in [1.29, 1.82) is 0 Å². The van der Waals surface area contributed by atoms with Crippen LogP contribution in [-0.2, 0) is 17.8 Å². The van der Waals surface area contributed by atoms with Crippen LogP contribution in [0.2, 0.25) is 0 Å². The van der Waals surface area contributed by atoms with Crippen LogP contribution in [0.5, 0.6) is 0 Å². The van der Waals surface area contributed by atoms with Gasteiger partial charge in [-0.1, -0.05) is 13.8 Å². The standard InChI is InChI=1S/C17H32N2O2/c1-13(2)10-18-11-17-15(5)9-16(21-17)12-19(14(3)4)7-8-20-6/h9,13-14,18H,7-8,10-12H2,1-6H3. The molecule has 0 spiro atoms. The van der Waals surface area contributed by atoms with E-state index in [1.807, 2.05) is 0 Å². The summed E-state index contributed by atoms with van der Waals surface area (Å²) in [6.45, 7) is 15.3. The average molecular weight is 296 g/mol. The summed E-state index contributed by atoms with van der Waals surface area (Å²) in [7, 11) is 1.74. The van der Waals surface area contributed by atoms with Gasteiger partial charge in [-0.25, -0.2) is 0 Å². The van der Waals surface area contributed by atoms with Gasteiger partial charge in [0.25, 0.3) is 0 Å². The highest BCUT2D eigenvalue weighted by Gasteiger charge is 2.14. The van der Waals surface area contributed by atoms with E-state index in [0.29, 0.717) is 12.0 Å². The van der Waals surface area contributed by atoms with Gasteiger partial charge in [0.2, 0.25) is 0 Å². The van der Waals surface area contributed by atoms with Crippen LogP contribution >= 0.6 is 0 Å². The summed E-state index contributed by atoms with van der Waals surface area (Å²) in [5.74, 6) is 2.75. The minimum atomic E-state index is 0.480. The first-order valence-electron chi connectivity index (χ1n) is 7.96. The number of nitrogens with one attached hydrogen (secondary N) is 1. The zero-order valence-electron chi connectivity index (χ0n) is 14.5. The zero-order chi connectivity index (χ0) is 15.8. The van der Waals surface area contributed by atoms with E-state index in [4.69, 9.17) is 9.15 Å². The summed E-state index contributed by atoms with van der Waals surface area (Å²) >= 11 is 0. The number of aryl methyl sites for hydroxylation is 1. The molecular weight excluding hydrogens is 264 g/mol. The molecule has 1 heterocycles. The Morgan fingerprint density at radius 3 is 2.57 bits per heavy atom. The van der Waals surface area contributed by atoms with Gasteiger partial charge < -0.3 is 14.5 Å². The van der Waals surface area contributed by atoms with Crippen LogP contribution in [0.15, 0.2) is 10.5 Å². The Hall–Kier alpha value is -0.840. The number of furan rings is 1. The molecule has 0 fully saturated rings.